The normalized spacial score (nSPS) is 23.0. The quantitative estimate of drug-likeness (QED) is 0.765. The molecule has 0 aliphatic heterocycles. The second-order valence-corrected chi connectivity index (χ2v) is 5.24. The van der Waals surface area contributed by atoms with Gasteiger partial charge in [0.25, 0.3) is 0 Å². The molecule has 98 valence electrons. The van der Waals surface area contributed by atoms with Gasteiger partial charge in [-0.2, -0.15) is 4.37 Å². The Kier molecular flexibility index (Phi) is 3.63. The fraction of sp³-hybridized carbons (Fsp3) is 0.545. The Morgan fingerprint density at radius 2 is 2.22 bits per heavy atom. The van der Waals surface area contributed by atoms with Crippen LogP contribution in [0.25, 0.3) is 0 Å². The largest absolute Gasteiger partial charge is 0.478 e. The summed E-state index contributed by atoms with van der Waals surface area (Å²) in [5, 5.41) is 12.0. The first kappa shape index (κ1) is 13.0. The molecule has 1 aliphatic carbocycles. The summed E-state index contributed by atoms with van der Waals surface area (Å²) in [6, 6.07) is -0.132. The van der Waals surface area contributed by atoms with Crippen LogP contribution in [0, 0.1) is 12.8 Å². The standard InChI is InChI=1S/C11H15N3O3S/c1-5-8(11(16)17)10(18-14-5)13-9(15)6-3-2-4-7(6)12/h6-7H,2-4,12H2,1H3,(H,13,15)(H,16,17). The Bertz CT molecular complexity index is 486. The number of carbonyl (C=O) groups is 2. The van der Waals surface area contributed by atoms with Gasteiger partial charge in [-0.1, -0.05) is 6.42 Å². The number of carbonyl (C=O) groups excluding carboxylic acids is 1. The Morgan fingerprint density at radius 3 is 2.78 bits per heavy atom. The molecule has 2 unspecified atom stereocenters. The van der Waals surface area contributed by atoms with E-state index in [-0.39, 0.29) is 23.4 Å². The van der Waals surface area contributed by atoms with Gasteiger partial charge in [0.05, 0.1) is 11.6 Å². The van der Waals surface area contributed by atoms with Crippen LogP contribution in [0.1, 0.15) is 35.3 Å². The number of amides is 1. The summed E-state index contributed by atoms with van der Waals surface area (Å²) >= 11 is 0.989. The van der Waals surface area contributed by atoms with Crippen molar-refractivity contribution in [3.63, 3.8) is 0 Å². The molecule has 0 bridgehead atoms. The molecule has 0 spiro atoms. The number of aromatic nitrogens is 1. The van der Waals surface area contributed by atoms with Crippen molar-refractivity contribution in [2.45, 2.75) is 32.2 Å². The van der Waals surface area contributed by atoms with E-state index in [1.165, 1.54) is 0 Å². The molecule has 2 rings (SSSR count). The Labute approximate surface area is 108 Å². The molecule has 0 aromatic carbocycles. The minimum absolute atomic E-state index is 0.0694. The number of carboxylic acid groups (broad SMARTS) is 1. The van der Waals surface area contributed by atoms with Crippen molar-refractivity contribution in [1.82, 2.24) is 4.37 Å². The molecule has 7 heteroatoms. The van der Waals surface area contributed by atoms with E-state index in [0.717, 1.165) is 30.8 Å². The Morgan fingerprint density at radius 1 is 1.50 bits per heavy atom. The zero-order valence-electron chi connectivity index (χ0n) is 9.97. The van der Waals surface area contributed by atoms with Gasteiger partial charge < -0.3 is 16.2 Å². The third-order valence-corrected chi connectivity index (χ3v) is 4.07. The van der Waals surface area contributed by atoms with Crippen LogP contribution in [0.4, 0.5) is 5.00 Å². The summed E-state index contributed by atoms with van der Waals surface area (Å²) < 4.78 is 3.95. The van der Waals surface area contributed by atoms with E-state index in [2.05, 4.69) is 9.69 Å². The van der Waals surface area contributed by atoms with Gasteiger partial charge >= 0.3 is 5.97 Å². The molecule has 0 radical (unpaired) electrons. The molecule has 4 N–H and O–H groups in total. The lowest BCUT2D eigenvalue weighted by atomic mass is 10.0. The second kappa shape index (κ2) is 5.03. The molecular weight excluding hydrogens is 254 g/mol. The zero-order chi connectivity index (χ0) is 13.3. The van der Waals surface area contributed by atoms with Crippen molar-refractivity contribution < 1.29 is 14.7 Å². The van der Waals surface area contributed by atoms with Crippen LogP contribution in [0.2, 0.25) is 0 Å². The molecule has 1 aliphatic rings. The zero-order valence-corrected chi connectivity index (χ0v) is 10.8. The minimum Gasteiger partial charge on any atom is -0.478 e. The molecule has 1 aromatic rings. The van der Waals surface area contributed by atoms with Crippen molar-refractivity contribution in [3.05, 3.63) is 11.3 Å². The number of nitrogens with one attached hydrogen (secondary N) is 1. The predicted octanol–water partition coefficient (Wildman–Crippen LogP) is 1.22. The third kappa shape index (κ3) is 2.37. The van der Waals surface area contributed by atoms with Crippen LogP contribution >= 0.6 is 11.5 Å². The van der Waals surface area contributed by atoms with E-state index >= 15 is 0 Å². The highest BCUT2D eigenvalue weighted by molar-refractivity contribution is 7.11. The van der Waals surface area contributed by atoms with Crippen LogP contribution in [-0.4, -0.2) is 27.4 Å². The molecular formula is C11H15N3O3S. The van der Waals surface area contributed by atoms with E-state index in [4.69, 9.17) is 10.8 Å². The number of anilines is 1. The molecule has 1 saturated carbocycles. The number of nitrogens with two attached hydrogens (primary N) is 1. The van der Waals surface area contributed by atoms with Gasteiger partial charge in [0.2, 0.25) is 5.91 Å². The van der Waals surface area contributed by atoms with Gasteiger partial charge in [0, 0.05) is 6.04 Å². The molecule has 18 heavy (non-hydrogen) atoms. The van der Waals surface area contributed by atoms with Gasteiger partial charge in [-0.15, -0.1) is 0 Å². The average molecular weight is 269 g/mol. The van der Waals surface area contributed by atoms with Crippen molar-refractivity contribution in [1.29, 1.82) is 0 Å². The second-order valence-electron chi connectivity index (χ2n) is 4.47. The van der Waals surface area contributed by atoms with Crippen LogP contribution in [0.5, 0.6) is 0 Å². The number of aryl methyl sites for hydroxylation is 1. The number of hydrogen-bond donors (Lipinski definition) is 3. The summed E-state index contributed by atoms with van der Waals surface area (Å²) in [7, 11) is 0. The minimum atomic E-state index is -1.08. The molecule has 1 aromatic heterocycles. The van der Waals surface area contributed by atoms with Crippen molar-refractivity contribution >= 4 is 28.4 Å². The lowest BCUT2D eigenvalue weighted by Crippen LogP contribution is -2.34. The smallest absolute Gasteiger partial charge is 0.340 e. The maximum atomic E-state index is 12.0. The highest BCUT2D eigenvalue weighted by Crippen LogP contribution is 2.28. The predicted molar refractivity (Wildman–Crippen MR) is 67.8 cm³/mol. The number of hydrogen-bond acceptors (Lipinski definition) is 5. The van der Waals surface area contributed by atoms with Crippen LogP contribution in [-0.2, 0) is 4.79 Å². The molecule has 6 nitrogen and oxygen atoms in total. The van der Waals surface area contributed by atoms with E-state index in [1.54, 1.807) is 6.92 Å². The first-order chi connectivity index (χ1) is 8.50. The topological polar surface area (TPSA) is 105 Å². The first-order valence-corrected chi connectivity index (χ1v) is 6.54. The molecule has 2 atom stereocenters. The fourth-order valence-electron chi connectivity index (χ4n) is 2.23. The van der Waals surface area contributed by atoms with Crippen LogP contribution < -0.4 is 11.1 Å². The number of aromatic carboxylic acids is 1. The van der Waals surface area contributed by atoms with Gasteiger partial charge in [-0.05, 0) is 31.3 Å². The summed E-state index contributed by atoms with van der Waals surface area (Å²) in [6.45, 7) is 1.61. The SMILES string of the molecule is Cc1nsc(NC(=O)C2CCCC2N)c1C(=O)O. The first-order valence-electron chi connectivity index (χ1n) is 5.76. The molecule has 1 amide bonds. The Balaban J connectivity index is 2.14. The summed E-state index contributed by atoms with van der Waals surface area (Å²) in [4.78, 5) is 23.1. The maximum absolute atomic E-state index is 12.0. The lowest BCUT2D eigenvalue weighted by Gasteiger charge is -2.14. The monoisotopic (exact) mass is 269 g/mol. The van der Waals surface area contributed by atoms with Gasteiger partial charge in [-0.25, -0.2) is 4.79 Å². The van der Waals surface area contributed by atoms with E-state index in [9.17, 15) is 9.59 Å². The number of nitrogens with zero attached hydrogens (tertiary/aromatic N) is 1. The molecule has 1 fully saturated rings. The van der Waals surface area contributed by atoms with E-state index in [0.29, 0.717) is 10.7 Å². The van der Waals surface area contributed by atoms with Gasteiger partial charge in [-0.3, -0.25) is 4.79 Å². The van der Waals surface area contributed by atoms with Crippen molar-refractivity contribution in [2.75, 3.05) is 5.32 Å². The fourth-order valence-corrected chi connectivity index (χ4v) is 3.02. The van der Waals surface area contributed by atoms with Crippen LogP contribution in [0.15, 0.2) is 0 Å². The summed E-state index contributed by atoms with van der Waals surface area (Å²) in [5.74, 6) is -1.51. The highest BCUT2D eigenvalue weighted by Gasteiger charge is 2.31. The average Bonchev–Trinajstić information content (AvgIpc) is 2.85. The van der Waals surface area contributed by atoms with E-state index < -0.39 is 5.97 Å². The van der Waals surface area contributed by atoms with Crippen LogP contribution in [0.3, 0.4) is 0 Å². The van der Waals surface area contributed by atoms with Crippen molar-refractivity contribution in [3.8, 4) is 0 Å². The summed E-state index contributed by atoms with van der Waals surface area (Å²) in [6.07, 6.45) is 2.53. The maximum Gasteiger partial charge on any atom is 0.340 e. The highest BCUT2D eigenvalue weighted by atomic mass is 32.1. The number of rotatable bonds is 3. The molecule has 0 saturated heterocycles. The van der Waals surface area contributed by atoms with Crippen molar-refractivity contribution in [2.24, 2.45) is 11.7 Å². The number of carboxylic acids is 1. The summed E-state index contributed by atoms with van der Waals surface area (Å²) in [5.41, 5.74) is 6.33. The molecule has 1 heterocycles. The van der Waals surface area contributed by atoms with Gasteiger partial charge in [0.1, 0.15) is 10.6 Å². The van der Waals surface area contributed by atoms with E-state index in [1.807, 2.05) is 0 Å². The third-order valence-electron chi connectivity index (χ3n) is 3.22. The van der Waals surface area contributed by atoms with Gasteiger partial charge in [0.15, 0.2) is 0 Å². The Hall–Kier alpha value is -1.47. The lowest BCUT2D eigenvalue weighted by molar-refractivity contribution is -0.120.